The Labute approximate surface area is 151 Å². The summed E-state index contributed by atoms with van der Waals surface area (Å²) in [6, 6.07) is 11.2. The van der Waals surface area contributed by atoms with Gasteiger partial charge in [0.2, 0.25) is 10.0 Å². The van der Waals surface area contributed by atoms with E-state index in [1.54, 1.807) is 36.4 Å². The normalized spacial score (nSPS) is 13.1. The van der Waals surface area contributed by atoms with Crippen LogP contribution in [0.1, 0.15) is 18.5 Å². The maximum atomic E-state index is 13.9. The lowest BCUT2D eigenvalue weighted by atomic mass is 10.1. The molecule has 0 fully saturated rings. The van der Waals surface area contributed by atoms with E-state index in [-0.39, 0.29) is 16.5 Å². The molecule has 0 bridgehead atoms. The first-order chi connectivity index (χ1) is 12.3. The molecule has 0 saturated heterocycles. The molecule has 0 aliphatic rings. The smallest absolute Gasteiger partial charge is 0.242 e. The van der Waals surface area contributed by atoms with Gasteiger partial charge >= 0.3 is 0 Å². The zero-order valence-electron chi connectivity index (χ0n) is 14.6. The van der Waals surface area contributed by atoms with E-state index >= 15 is 0 Å². The number of nitrogens with zero attached hydrogens (tertiary/aromatic N) is 3. The zero-order chi connectivity index (χ0) is 18.9. The lowest BCUT2D eigenvalue weighted by Crippen LogP contribution is -2.22. The molecular weight excluding hydrogens is 355 g/mol. The molecule has 1 aromatic heterocycles. The van der Waals surface area contributed by atoms with Crippen molar-refractivity contribution in [1.29, 1.82) is 0 Å². The van der Waals surface area contributed by atoms with E-state index in [1.807, 2.05) is 6.92 Å². The van der Waals surface area contributed by atoms with E-state index in [4.69, 9.17) is 0 Å². The average molecular weight is 374 g/mol. The number of benzene rings is 2. The van der Waals surface area contributed by atoms with Crippen LogP contribution in [-0.4, -0.2) is 36.8 Å². The van der Waals surface area contributed by atoms with E-state index in [0.717, 1.165) is 5.56 Å². The van der Waals surface area contributed by atoms with E-state index in [1.165, 1.54) is 30.8 Å². The first kappa shape index (κ1) is 18.2. The first-order valence-corrected chi connectivity index (χ1v) is 9.43. The summed E-state index contributed by atoms with van der Waals surface area (Å²) in [4.78, 5) is 8.41. The van der Waals surface area contributed by atoms with Gasteiger partial charge in [0, 0.05) is 25.5 Å². The maximum Gasteiger partial charge on any atom is 0.242 e. The highest BCUT2D eigenvalue weighted by Gasteiger charge is 2.17. The fraction of sp³-hybridized carbons (Fsp3) is 0.222. The summed E-state index contributed by atoms with van der Waals surface area (Å²) in [7, 11) is -0.476. The molecule has 1 atom stereocenters. The fourth-order valence-electron chi connectivity index (χ4n) is 2.59. The number of nitrogens with one attached hydrogen (secondary N) is 1. The number of rotatable bonds is 5. The molecule has 1 heterocycles. The highest BCUT2D eigenvalue weighted by atomic mass is 32.2. The van der Waals surface area contributed by atoms with E-state index < -0.39 is 15.8 Å². The third-order valence-electron chi connectivity index (χ3n) is 4.13. The lowest BCUT2D eigenvalue weighted by molar-refractivity contribution is 0.520. The minimum Gasteiger partial charge on any atom is -0.363 e. The van der Waals surface area contributed by atoms with Crippen LogP contribution in [-0.2, 0) is 10.0 Å². The maximum absolute atomic E-state index is 13.9. The van der Waals surface area contributed by atoms with Crippen molar-refractivity contribution in [2.24, 2.45) is 0 Å². The van der Waals surface area contributed by atoms with Gasteiger partial charge < -0.3 is 5.32 Å². The van der Waals surface area contributed by atoms with Crippen molar-refractivity contribution >= 4 is 26.7 Å². The largest absolute Gasteiger partial charge is 0.363 e. The van der Waals surface area contributed by atoms with Gasteiger partial charge in [-0.2, -0.15) is 0 Å². The third kappa shape index (κ3) is 3.38. The second-order valence-corrected chi connectivity index (χ2v) is 8.23. The highest BCUT2D eigenvalue weighted by Crippen LogP contribution is 2.26. The van der Waals surface area contributed by atoms with Crippen LogP contribution in [0.2, 0.25) is 0 Å². The van der Waals surface area contributed by atoms with E-state index in [2.05, 4.69) is 15.3 Å². The Hall–Kier alpha value is -2.58. The standard InChI is InChI=1S/C18H19FN4O2S/c1-12(13-7-9-14(10-8-13)26(24,25)23(2)3)22-18-15-5-4-6-16(19)17(15)20-11-21-18/h4-12H,1-3H3,(H,20,21,22)/t12-/m1/s1. The molecular formula is C18H19FN4O2S. The molecule has 0 spiro atoms. The number of para-hydroxylation sites is 1. The summed E-state index contributed by atoms with van der Waals surface area (Å²) in [6.45, 7) is 1.92. The minimum absolute atomic E-state index is 0.160. The molecule has 0 amide bonds. The summed E-state index contributed by atoms with van der Waals surface area (Å²) < 4.78 is 39.3. The number of anilines is 1. The summed E-state index contributed by atoms with van der Waals surface area (Å²) in [5.74, 6) is 0.117. The van der Waals surface area contributed by atoms with Crippen molar-refractivity contribution in [1.82, 2.24) is 14.3 Å². The molecule has 0 saturated carbocycles. The predicted molar refractivity (Wildman–Crippen MR) is 98.8 cm³/mol. The Morgan fingerprint density at radius 3 is 2.42 bits per heavy atom. The number of aromatic nitrogens is 2. The molecule has 2 aromatic carbocycles. The van der Waals surface area contributed by atoms with Gasteiger partial charge in [0.05, 0.1) is 4.90 Å². The van der Waals surface area contributed by atoms with Crippen LogP contribution < -0.4 is 5.32 Å². The Morgan fingerprint density at radius 2 is 1.77 bits per heavy atom. The van der Waals surface area contributed by atoms with Gasteiger partial charge in [-0.05, 0) is 36.8 Å². The van der Waals surface area contributed by atoms with Crippen molar-refractivity contribution in [3.8, 4) is 0 Å². The molecule has 0 aliphatic carbocycles. The third-order valence-corrected chi connectivity index (χ3v) is 5.96. The van der Waals surface area contributed by atoms with Crippen LogP contribution in [0, 0.1) is 5.82 Å². The van der Waals surface area contributed by atoms with Gasteiger partial charge in [0.25, 0.3) is 0 Å². The number of hydrogen-bond donors (Lipinski definition) is 1. The second kappa shape index (κ2) is 6.97. The highest BCUT2D eigenvalue weighted by molar-refractivity contribution is 7.89. The topological polar surface area (TPSA) is 75.2 Å². The van der Waals surface area contributed by atoms with Crippen LogP contribution in [0.5, 0.6) is 0 Å². The van der Waals surface area contributed by atoms with E-state index in [9.17, 15) is 12.8 Å². The van der Waals surface area contributed by atoms with Crippen molar-refractivity contribution < 1.29 is 12.8 Å². The average Bonchev–Trinajstić information content (AvgIpc) is 2.62. The lowest BCUT2D eigenvalue weighted by Gasteiger charge is -2.17. The molecule has 6 nitrogen and oxygen atoms in total. The summed E-state index contributed by atoms with van der Waals surface area (Å²) in [5.41, 5.74) is 1.13. The first-order valence-electron chi connectivity index (χ1n) is 7.99. The van der Waals surface area contributed by atoms with Crippen molar-refractivity contribution in [2.45, 2.75) is 17.9 Å². The van der Waals surface area contributed by atoms with Crippen LogP contribution in [0.25, 0.3) is 10.9 Å². The van der Waals surface area contributed by atoms with Gasteiger partial charge in [-0.25, -0.2) is 27.1 Å². The quantitative estimate of drug-likeness (QED) is 0.742. The summed E-state index contributed by atoms with van der Waals surface area (Å²) in [5, 5.41) is 3.82. The summed E-state index contributed by atoms with van der Waals surface area (Å²) in [6.07, 6.45) is 1.31. The van der Waals surface area contributed by atoms with Crippen molar-refractivity contribution in [3.05, 3.63) is 60.2 Å². The van der Waals surface area contributed by atoms with Crippen LogP contribution in [0.15, 0.2) is 53.7 Å². The Bertz CT molecular complexity index is 1040. The molecule has 0 radical (unpaired) electrons. The van der Waals surface area contributed by atoms with Crippen molar-refractivity contribution in [3.63, 3.8) is 0 Å². The van der Waals surface area contributed by atoms with Crippen LogP contribution in [0.3, 0.4) is 0 Å². The number of sulfonamides is 1. The molecule has 0 unspecified atom stereocenters. The molecule has 26 heavy (non-hydrogen) atoms. The van der Waals surface area contributed by atoms with Gasteiger partial charge in [0.1, 0.15) is 23.5 Å². The van der Waals surface area contributed by atoms with E-state index in [0.29, 0.717) is 11.2 Å². The Morgan fingerprint density at radius 1 is 1.08 bits per heavy atom. The molecule has 136 valence electrons. The van der Waals surface area contributed by atoms with Gasteiger partial charge in [-0.1, -0.05) is 18.2 Å². The summed E-state index contributed by atoms with van der Waals surface area (Å²) >= 11 is 0. The molecule has 8 heteroatoms. The number of halogens is 1. The zero-order valence-corrected chi connectivity index (χ0v) is 15.5. The van der Waals surface area contributed by atoms with Gasteiger partial charge in [-0.15, -0.1) is 0 Å². The second-order valence-electron chi connectivity index (χ2n) is 6.08. The monoisotopic (exact) mass is 374 g/mol. The Kier molecular flexibility index (Phi) is 4.88. The van der Waals surface area contributed by atoms with Gasteiger partial charge in [-0.3, -0.25) is 0 Å². The minimum atomic E-state index is -3.46. The van der Waals surface area contributed by atoms with Crippen LogP contribution >= 0.6 is 0 Å². The SMILES string of the molecule is C[C@@H](Nc1ncnc2c(F)cccc12)c1ccc(S(=O)(=O)N(C)C)cc1. The molecule has 0 aliphatic heterocycles. The Balaban J connectivity index is 1.87. The predicted octanol–water partition coefficient (Wildman–Crippen LogP) is 3.19. The fourth-order valence-corrected chi connectivity index (χ4v) is 3.50. The number of hydrogen-bond acceptors (Lipinski definition) is 5. The van der Waals surface area contributed by atoms with Crippen molar-refractivity contribution in [2.75, 3.05) is 19.4 Å². The van der Waals surface area contributed by atoms with Gasteiger partial charge in [0.15, 0.2) is 0 Å². The molecule has 3 rings (SSSR count). The van der Waals surface area contributed by atoms with Crippen LogP contribution in [0.4, 0.5) is 10.2 Å². The number of fused-ring (bicyclic) bond motifs is 1. The molecule has 3 aromatic rings. The molecule has 1 N–H and O–H groups in total.